The minimum atomic E-state index is -0.498. The van der Waals surface area contributed by atoms with Gasteiger partial charge in [0.05, 0.1) is 5.41 Å². The van der Waals surface area contributed by atoms with Gasteiger partial charge in [-0.25, -0.2) is 0 Å². The van der Waals surface area contributed by atoms with Gasteiger partial charge in [0.25, 0.3) is 0 Å². The molecule has 1 nitrogen and oxygen atoms in total. The van der Waals surface area contributed by atoms with Crippen molar-refractivity contribution in [2.75, 3.05) is 0 Å². The highest BCUT2D eigenvalue weighted by atomic mass is 16.5. The minimum absolute atomic E-state index is 0.135. The van der Waals surface area contributed by atoms with Crippen LogP contribution in [0.15, 0.2) is 146 Å². The molecule has 0 bridgehead atoms. The Morgan fingerprint density at radius 1 is 0.422 bits per heavy atom. The van der Waals surface area contributed by atoms with Crippen LogP contribution in [0, 0.1) is 0 Å². The van der Waals surface area contributed by atoms with E-state index in [1.54, 1.807) is 0 Å². The molecule has 0 aromatic heterocycles. The van der Waals surface area contributed by atoms with Crippen molar-refractivity contribution in [1.29, 1.82) is 0 Å². The molecule has 0 unspecified atom stereocenters. The van der Waals surface area contributed by atoms with Crippen molar-refractivity contribution < 1.29 is 4.74 Å². The van der Waals surface area contributed by atoms with E-state index < -0.39 is 5.41 Å². The Bertz CT molecular complexity index is 2340. The first-order valence-corrected chi connectivity index (χ1v) is 15.9. The molecule has 1 heterocycles. The van der Waals surface area contributed by atoms with Crippen molar-refractivity contribution in [1.82, 2.24) is 0 Å². The molecule has 1 aliphatic heterocycles. The predicted molar refractivity (Wildman–Crippen MR) is 184 cm³/mol. The van der Waals surface area contributed by atoms with Crippen molar-refractivity contribution in [2.45, 2.75) is 24.7 Å². The van der Waals surface area contributed by atoms with Gasteiger partial charge >= 0.3 is 0 Å². The quantitative estimate of drug-likeness (QED) is 0.189. The van der Waals surface area contributed by atoms with E-state index in [0.29, 0.717) is 0 Å². The zero-order valence-corrected chi connectivity index (χ0v) is 25.3. The standard InChI is InChI=1S/C44H30O/c1-43(2)38-26-28(23-24-33(38)34-25-22-27-12-3-4-13-29(27)41(34)43)30-16-11-21-40-42(30)44(37-19-9-10-20-39(37)45-40)35-17-7-5-14-31(35)32-15-6-8-18-36(32)44/h3-26H,1-2H3. The average Bonchev–Trinajstić information content (AvgIpc) is 3.51. The van der Waals surface area contributed by atoms with Crippen molar-refractivity contribution >= 4 is 10.8 Å². The molecule has 7 aromatic rings. The number of hydrogen-bond donors (Lipinski definition) is 0. The fourth-order valence-corrected chi connectivity index (χ4v) is 8.92. The van der Waals surface area contributed by atoms with E-state index in [1.165, 1.54) is 77.5 Å². The van der Waals surface area contributed by atoms with Gasteiger partial charge in [0.1, 0.15) is 11.5 Å². The third kappa shape index (κ3) is 3.03. The summed E-state index contributed by atoms with van der Waals surface area (Å²) in [5.74, 6) is 1.85. The monoisotopic (exact) mass is 574 g/mol. The Kier molecular flexibility index (Phi) is 4.78. The van der Waals surface area contributed by atoms with Crippen LogP contribution < -0.4 is 4.74 Å². The molecule has 2 aliphatic carbocycles. The minimum Gasteiger partial charge on any atom is -0.457 e. The van der Waals surface area contributed by atoms with E-state index >= 15 is 0 Å². The summed E-state index contributed by atoms with van der Waals surface area (Å²) in [6.45, 7) is 4.78. The number of ether oxygens (including phenoxy) is 1. The Morgan fingerprint density at radius 3 is 1.82 bits per heavy atom. The van der Waals surface area contributed by atoms with E-state index in [4.69, 9.17) is 4.74 Å². The Hall–Kier alpha value is -5.40. The molecule has 3 aliphatic rings. The van der Waals surface area contributed by atoms with Gasteiger partial charge < -0.3 is 4.74 Å². The second kappa shape index (κ2) is 8.61. The summed E-state index contributed by atoms with van der Waals surface area (Å²) in [6.07, 6.45) is 0. The molecule has 0 radical (unpaired) electrons. The average molecular weight is 575 g/mol. The van der Waals surface area contributed by atoms with Gasteiger partial charge in [-0.2, -0.15) is 0 Å². The Labute approximate surface area is 263 Å². The first kappa shape index (κ1) is 25.0. The number of para-hydroxylation sites is 1. The summed E-state index contributed by atoms with van der Waals surface area (Å²) in [6, 6.07) is 53.7. The van der Waals surface area contributed by atoms with Crippen LogP contribution in [0.3, 0.4) is 0 Å². The summed E-state index contributed by atoms with van der Waals surface area (Å²) < 4.78 is 6.79. The van der Waals surface area contributed by atoms with Gasteiger partial charge in [0, 0.05) is 16.5 Å². The number of fused-ring (bicyclic) bond motifs is 14. The van der Waals surface area contributed by atoms with Crippen molar-refractivity contribution in [2.24, 2.45) is 0 Å². The molecule has 45 heavy (non-hydrogen) atoms. The van der Waals surface area contributed by atoms with Crippen LogP contribution >= 0.6 is 0 Å². The predicted octanol–water partition coefficient (Wildman–Crippen LogP) is 11.3. The topological polar surface area (TPSA) is 9.23 Å². The second-order valence-electron chi connectivity index (χ2n) is 13.2. The molecule has 0 N–H and O–H groups in total. The maximum Gasteiger partial charge on any atom is 0.132 e. The largest absolute Gasteiger partial charge is 0.457 e. The Morgan fingerprint density at radius 2 is 1.02 bits per heavy atom. The van der Waals surface area contributed by atoms with Crippen molar-refractivity contribution in [3.05, 3.63) is 179 Å². The maximum atomic E-state index is 6.79. The van der Waals surface area contributed by atoms with Crippen molar-refractivity contribution in [3.63, 3.8) is 0 Å². The Balaban J connectivity index is 1.27. The fraction of sp³-hybridized carbons (Fsp3) is 0.0909. The second-order valence-corrected chi connectivity index (χ2v) is 13.2. The van der Waals surface area contributed by atoms with E-state index in [0.717, 1.165) is 11.5 Å². The van der Waals surface area contributed by atoms with Crippen LogP contribution in [-0.2, 0) is 10.8 Å². The molecule has 0 saturated heterocycles. The number of benzene rings is 7. The van der Waals surface area contributed by atoms with Gasteiger partial charge in [-0.3, -0.25) is 0 Å². The van der Waals surface area contributed by atoms with Gasteiger partial charge in [-0.15, -0.1) is 0 Å². The molecule has 0 fully saturated rings. The van der Waals surface area contributed by atoms with E-state index in [-0.39, 0.29) is 5.41 Å². The highest BCUT2D eigenvalue weighted by Crippen LogP contribution is 2.64. The molecule has 212 valence electrons. The van der Waals surface area contributed by atoms with Crippen LogP contribution in [0.5, 0.6) is 11.5 Å². The van der Waals surface area contributed by atoms with Crippen LogP contribution in [-0.4, -0.2) is 0 Å². The first-order chi connectivity index (χ1) is 22.1. The van der Waals surface area contributed by atoms with E-state index in [9.17, 15) is 0 Å². The fourth-order valence-electron chi connectivity index (χ4n) is 8.92. The molecular weight excluding hydrogens is 544 g/mol. The van der Waals surface area contributed by atoms with Gasteiger partial charge in [0.15, 0.2) is 0 Å². The summed E-state index contributed by atoms with van der Waals surface area (Å²) in [5.41, 5.74) is 14.9. The molecule has 0 saturated carbocycles. The maximum absolute atomic E-state index is 6.79. The summed E-state index contributed by atoms with van der Waals surface area (Å²) in [7, 11) is 0. The lowest BCUT2D eigenvalue weighted by molar-refractivity contribution is 0.437. The third-order valence-electron chi connectivity index (χ3n) is 10.7. The van der Waals surface area contributed by atoms with E-state index in [2.05, 4.69) is 159 Å². The van der Waals surface area contributed by atoms with Crippen molar-refractivity contribution in [3.8, 4) is 44.9 Å². The van der Waals surface area contributed by atoms with Crippen LogP contribution in [0.4, 0.5) is 0 Å². The smallest absolute Gasteiger partial charge is 0.132 e. The summed E-state index contributed by atoms with van der Waals surface area (Å²) in [5, 5.41) is 2.64. The van der Waals surface area contributed by atoms with Crippen LogP contribution in [0.2, 0.25) is 0 Å². The highest BCUT2D eigenvalue weighted by molar-refractivity contribution is 5.98. The molecule has 1 heteroatoms. The SMILES string of the molecule is CC1(C)c2cc(-c3cccc4c3C3(c5ccccc5O4)c4ccccc4-c4ccccc43)ccc2-c2ccc3ccccc3c21. The van der Waals surface area contributed by atoms with Gasteiger partial charge in [-0.1, -0.05) is 141 Å². The third-order valence-corrected chi connectivity index (χ3v) is 10.7. The first-order valence-electron chi connectivity index (χ1n) is 15.9. The van der Waals surface area contributed by atoms with Gasteiger partial charge in [-0.05, 0) is 84.6 Å². The molecule has 0 atom stereocenters. The lowest BCUT2D eigenvalue weighted by Gasteiger charge is -2.40. The normalized spacial score (nSPS) is 15.4. The molecule has 0 amide bonds. The number of rotatable bonds is 1. The van der Waals surface area contributed by atoms with Crippen LogP contribution in [0.1, 0.15) is 47.2 Å². The van der Waals surface area contributed by atoms with Crippen LogP contribution in [0.25, 0.3) is 44.2 Å². The number of hydrogen-bond acceptors (Lipinski definition) is 1. The molecular formula is C44H30O. The van der Waals surface area contributed by atoms with Gasteiger partial charge in [0.2, 0.25) is 0 Å². The zero-order valence-electron chi connectivity index (χ0n) is 25.3. The molecule has 1 spiro atoms. The molecule has 10 rings (SSSR count). The summed E-state index contributed by atoms with van der Waals surface area (Å²) in [4.78, 5) is 0. The lowest BCUT2D eigenvalue weighted by Crippen LogP contribution is -2.32. The highest BCUT2D eigenvalue weighted by Gasteiger charge is 2.52. The van der Waals surface area contributed by atoms with E-state index in [1.807, 2.05) is 0 Å². The lowest BCUT2D eigenvalue weighted by atomic mass is 9.64. The molecule has 7 aromatic carbocycles. The summed E-state index contributed by atoms with van der Waals surface area (Å²) >= 11 is 0. The zero-order chi connectivity index (χ0) is 29.9.